The standard InChI is InChI=1S/C17H20N2O6/c1-3-23-13-6-5-11(7-14(13)24-4-2)16(21)18-8-12(9-18)19-15(20)10-25-17(19)22/h5-7,12H,3-4,8-10H2,1-2H3. The highest BCUT2D eigenvalue weighted by Crippen LogP contribution is 2.30. The zero-order valence-corrected chi connectivity index (χ0v) is 14.2. The third-order valence-corrected chi connectivity index (χ3v) is 4.09. The molecule has 2 heterocycles. The van der Waals surface area contributed by atoms with Crippen molar-refractivity contribution in [3.63, 3.8) is 0 Å². The first-order chi connectivity index (χ1) is 12.0. The van der Waals surface area contributed by atoms with Crippen LogP contribution in [0.3, 0.4) is 0 Å². The quantitative estimate of drug-likeness (QED) is 0.770. The minimum Gasteiger partial charge on any atom is -0.490 e. The van der Waals surface area contributed by atoms with Crippen molar-refractivity contribution in [2.45, 2.75) is 19.9 Å². The molecule has 0 N–H and O–H groups in total. The van der Waals surface area contributed by atoms with Crippen LogP contribution in [0.4, 0.5) is 4.79 Å². The van der Waals surface area contributed by atoms with Crippen molar-refractivity contribution in [3.05, 3.63) is 23.8 Å². The maximum atomic E-state index is 12.6. The molecule has 0 aromatic heterocycles. The lowest BCUT2D eigenvalue weighted by Gasteiger charge is -2.42. The van der Waals surface area contributed by atoms with E-state index >= 15 is 0 Å². The molecule has 0 bridgehead atoms. The fourth-order valence-corrected chi connectivity index (χ4v) is 2.87. The predicted octanol–water partition coefficient (Wildman–Crippen LogP) is 1.29. The van der Waals surface area contributed by atoms with Gasteiger partial charge in [-0.15, -0.1) is 0 Å². The van der Waals surface area contributed by atoms with E-state index < -0.39 is 6.09 Å². The summed E-state index contributed by atoms with van der Waals surface area (Å²) in [5.41, 5.74) is 0.473. The summed E-state index contributed by atoms with van der Waals surface area (Å²) in [6.07, 6.45) is -0.637. The lowest BCUT2D eigenvalue weighted by molar-refractivity contribution is -0.129. The van der Waals surface area contributed by atoms with Crippen LogP contribution in [0.2, 0.25) is 0 Å². The molecule has 2 aliphatic rings. The molecular formula is C17H20N2O6. The summed E-state index contributed by atoms with van der Waals surface area (Å²) >= 11 is 0. The molecule has 2 saturated heterocycles. The zero-order chi connectivity index (χ0) is 18.0. The van der Waals surface area contributed by atoms with E-state index in [9.17, 15) is 14.4 Å². The Bertz CT molecular complexity index is 682. The number of carbonyl (C=O) groups excluding carboxylic acids is 3. The number of imide groups is 1. The molecular weight excluding hydrogens is 328 g/mol. The Hall–Kier alpha value is -2.77. The first-order valence-electron chi connectivity index (χ1n) is 8.22. The second-order valence-electron chi connectivity index (χ2n) is 5.71. The lowest BCUT2D eigenvalue weighted by atomic mass is 10.0. The molecule has 3 amide bonds. The van der Waals surface area contributed by atoms with Crippen molar-refractivity contribution in [3.8, 4) is 11.5 Å². The number of amides is 3. The summed E-state index contributed by atoms with van der Waals surface area (Å²) in [6.45, 7) is 5.08. The van der Waals surface area contributed by atoms with E-state index in [2.05, 4.69) is 0 Å². The first-order valence-corrected chi connectivity index (χ1v) is 8.22. The maximum absolute atomic E-state index is 12.6. The van der Waals surface area contributed by atoms with Crippen LogP contribution in [-0.4, -0.2) is 66.7 Å². The van der Waals surface area contributed by atoms with Gasteiger partial charge >= 0.3 is 6.09 Å². The number of hydrogen-bond acceptors (Lipinski definition) is 6. The van der Waals surface area contributed by atoms with Crippen LogP contribution >= 0.6 is 0 Å². The maximum Gasteiger partial charge on any atom is 0.417 e. The average molecular weight is 348 g/mol. The van der Waals surface area contributed by atoms with Gasteiger partial charge in [0.25, 0.3) is 11.8 Å². The predicted molar refractivity (Wildman–Crippen MR) is 86.7 cm³/mol. The SMILES string of the molecule is CCOc1ccc(C(=O)N2CC(N3C(=O)COC3=O)C2)cc1OCC. The van der Waals surface area contributed by atoms with Crippen LogP contribution in [0.1, 0.15) is 24.2 Å². The number of nitrogens with zero attached hydrogens (tertiary/aromatic N) is 2. The van der Waals surface area contributed by atoms with Gasteiger partial charge in [-0.05, 0) is 32.0 Å². The fourth-order valence-electron chi connectivity index (χ4n) is 2.87. The number of benzene rings is 1. The van der Waals surface area contributed by atoms with E-state index in [-0.39, 0.29) is 24.5 Å². The van der Waals surface area contributed by atoms with Gasteiger partial charge in [-0.2, -0.15) is 0 Å². The minimum atomic E-state index is -0.637. The molecule has 0 atom stereocenters. The number of cyclic esters (lactones) is 1. The van der Waals surface area contributed by atoms with Crippen molar-refractivity contribution in [1.82, 2.24) is 9.80 Å². The van der Waals surface area contributed by atoms with Gasteiger partial charge in [-0.3, -0.25) is 9.59 Å². The smallest absolute Gasteiger partial charge is 0.417 e. The fraction of sp³-hybridized carbons (Fsp3) is 0.471. The Kier molecular flexibility index (Phi) is 4.78. The van der Waals surface area contributed by atoms with Crippen molar-refractivity contribution in [2.75, 3.05) is 32.9 Å². The van der Waals surface area contributed by atoms with Gasteiger partial charge in [-0.25, -0.2) is 9.69 Å². The number of rotatable bonds is 6. The van der Waals surface area contributed by atoms with Gasteiger partial charge in [0.15, 0.2) is 18.1 Å². The average Bonchev–Trinajstić information content (AvgIpc) is 2.88. The van der Waals surface area contributed by atoms with Gasteiger partial charge in [0, 0.05) is 18.7 Å². The van der Waals surface area contributed by atoms with E-state index in [1.165, 1.54) is 0 Å². The molecule has 2 fully saturated rings. The van der Waals surface area contributed by atoms with Crippen molar-refractivity contribution in [2.24, 2.45) is 0 Å². The van der Waals surface area contributed by atoms with Gasteiger partial charge in [0.1, 0.15) is 0 Å². The van der Waals surface area contributed by atoms with Gasteiger partial charge < -0.3 is 19.1 Å². The molecule has 25 heavy (non-hydrogen) atoms. The second-order valence-corrected chi connectivity index (χ2v) is 5.71. The molecule has 0 radical (unpaired) electrons. The Labute approximate surface area is 145 Å². The Morgan fingerprint density at radius 3 is 2.44 bits per heavy atom. The first kappa shape index (κ1) is 17.1. The third-order valence-electron chi connectivity index (χ3n) is 4.09. The summed E-state index contributed by atoms with van der Waals surface area (Å²) in [4.78, 5) is 38.4. The molecule has 0 saturated carbocycles. The van der Waals surface area contributed by atoms with Gasteiger partial charge in [0.2, 0.25) is 0 Å². The number of ether oxygens (including phenoxy) is 3. The topological polar surface area (TPSA) is 85.4 Å². The summed E-state index contributed by atoms with van der Waals surface area (Å²) in [7, 11) is 0. The summed E-state index contributed by atoms with van der Waals surface area (Å²) in [5.74, 6) is 0.570. The molecule has 3 rings (SSSR count). The number of carbonyl (C=O) groups is 3. The summed E-state index contributed by atoms with van der Waals surface area (Å²) in [5, 5.41) is 0. The molecule has 1 aromatic carbocycles. The van der Waals surface area contributed by atoms with Crippen LogP contribution in [0.25, 0.3) is 0 Å². The second kappa shape index (κ2) is 7.00. The highest BCUT2D eigenvalue weighted by molar-refractivity contribution is 5.99. The summed E-state index contributed by atoms with van der Waals surface area (Å²) in [6, 6.07) is 4.72. The molecule has 0 unspecified atom stereocenters. The molecule has 8 heteroatoms. The van der Waals surface area contributed by atoms with Crippen LogP contribution < -0.4 is 9.47 Å². The van der Waals surface area contributed by atoms with E-state index in [1.54, 1.807) is 23.1 Å². The lowest BCUT2D eigenvalue weighted by Crippen LogP contribution is -2.62. The largest absolute Gasteiger partial charge is 0.490 e. The molecule has 8 nitrogen and oxygen atoms in total. The van der Waals surface area contributed by atoms with E-state index in [0.717, 1.165) is 4.90 Å². The Morgan fingerprint density at radius 2 is 1.84 bits per heavy atom. The van der Waals surface area contributed by atoms with Crippen LogP contribution in [0.5, 0.6) is 11.5 Å². The number of likely N-dealkylation sites (tertiary alicyclic amines) is 1. The van der Waals surface area contributed by atoms with Crippen LogP contribution in [0.15, 0.2) is 18.2 Å². The minimum absolute atomic E-state index is 0.180. The van der Waals surface area contributed by atoms with Crippen molar-refractivity contribution >= 4 is 17.9 Å². The van der Waals surface area contributed by atoms with Crippen LogP contribution in [-0.2, 0) is 9.53 Å². The van der Waals surface area contributed by atoms with Crippen molar-refractivity contribution in [1.29, 1.82) is 0 Å². The van der Waals surface area contributed by atoms with E-state index in [0.29, 0.717) is 43.4 Å². The highest BCUT2D eigenvalue weighted by atomic mass is 16.6. The van der Waals surface area contributed by atoms with Crippen LogP contribution in [0, 0.1) is 0 Å². The molecule has 2 aliphatic heterocycles. The molecule has 0 spiro atoms. The normalized spacial score (nSPS) is 17.4. The van der Waals surface area contributed by atoms with Gasteiger partial charge in [-0.1, -0.05) is 0 Å². The zero-order valence-electron chi connectivity index (χ0n) is 14.2. The van der Waals surface area contributed by atoms with Crippen molar-refractivity contribution < 1.29 is 28.6 Å². The van der Waals surface area contributed by atoms with E-state index in [1.807, 2.05) is 13.8 Å². The monoisotopic (exact) mass is 348 g/mol. The third kappa shape index (κ3) is 3.24. The molecule has 134 valence electrons. The van der Waals surface area contributed by atoms with Gasteiger partial charge in [0.05, 0.1) is 19.3 Å². The molecule has 0 aliphatic carbocycles. The van der Waals surface area contributed by atoms with E-state index in [4.69, 9.17) is 14.2 Å². The Balaban J connectivity index is 1.67. The Morgan fingerprint density at radius 1 is 1.16 bits per heavy atom. The molecule has 1 aromatic rings. The number of hydrogen-bond donors (Lipinski definition) is 0. The summed E-state index contributed by atoms with van der Waals surface area (Å²) < 4.78 is 15.7. The highest BCUT2D eigenvalue weighted by Gasteiger charge is 2.44.